The number of aryl methyl sites for hydroxylation is 1. The number of nitrogens with zero attached hydrogens (tertiary/aromatic N) is 2. The zero-order valence-electron chi connectivity index (χ0n) is 20.2. The van der Waals surface area contributed by atoms with Crippen molar-refractivity contribution < 1.29 is 14.7 Å². The summed E-state index contributed by atoms with van der Waals surface area (Å²) >= 11 is 0. The molecule has 5 nitrogen and oxygen atoms in total. The molecule has 5 heteroatoms. The number of rotatable bonds is 6. The molecule has 2 heterocycles. The van der Waals surface area contributed by atoms with Gasteiger partial charge < -0.3 is 5.11 Å². The van der Waals surface area contributed by atoms with E-state index >= 15 is 0 Å². The Morgan fingerprint density at radius 2 is 1.44 bits per heavy atom. The molecule has 1 N–H and O–H groups in total. The fourth-order valence-corrected chi connectivity index (χ4v) is 4.26. The fraction of sp³-hybridized carbons (Fsp3) is 0.276. The van der Waals surface area contributed by atoms with E-state index in [2.05, 4.69) is 32.7 Å². The molecule has 0 bridgehead atoms. The summed E-state index contributed by atoms with van der Waals surface area (Å²) in [5, 5.41) is 10.9. The summed E-state index contributed by atoms with van der Waals surface area (Å²) in [6.45, 7) is 10.3. The van der Waals surface area contributed by atoms with Gasteiger partial charge in [-0.05, 0) is 47.6 Å². The third-order valence-corrected chi connectivity index (χ3v) is 6.39. The van der Waals surface area contributed by atoms with Gasteiger partial charge in [0, 0.05) is 11.3 Å². The summed E-state index contributed by atoms with van der Waals surface area (Å²) in [5.41, 5.74) is 4.88. The quantitative estimate of drug-likeness (QED) is 0.436. The zero-order chi connectivity index (χ0) is 24.6. The van der Waals surface area contributed by atoms with Crippen LogP contribution in [-0.4, -0.2) is 21.8 Å². The first-order valence-corrected chi connectivity index (χ1v) is 11.6. The topological polar surface area (TPSA) is 70.5 Å². The third-order valence-electron chi connectivity index (χ3n) is 6.39. The minimum Gasteiger partial charge on any atom is -0.503 e. The first-order chi connectivity index (χ1) is 16.2. The van der Waals surface area contributed by atoms with Crippen LogP contribution in [0.3, 0.4) is 0 Å². The Bertz CT molecular complexity index is 1240. The van der Waals surface area contributed by atoms with Gasteiger partial charge in [0.25, 0.3) is 5.91 Å². The number of carbonyl (C=O) groups is 2. The molecule has 0 spiro atoms. The first-order valence-electron chi connectivity index (χ1n) is 11.6. The minimum atomic E-state index is -0.754. The van der Waals surface area contributed by atoms with E-state index < -0.39 is 17.7 Å². The molecular weight excluding hydrogens is 424 g/mol. The number of aliphatic hydroxyl groups excluding tert-OH is 1. The number of aromatic nitrogens is 1. The maximum absolute atomic E-state index is 13.7. The van der Waals surface area contributed by atoms with Crippen molar-refractivity contribution >= 4 is 17.4 Å². The molecular formula is C29H30N2O3. The van der Waals surface area contributed by atoms with E-state index in [4.69, 9.17) is 0 Å². The average molecular weight is 455 g/mol. The van der Waals surface area contributed by atoms with Crippen LogP contribution in [0.5, 0.6) is 0 Å². The minimum absolute atomic E-state index is 0.0835. The monoisotopic (exact) mass is 454 g/mol. The highest BCUT2D eigenvalue weighted by Gasteiger charge is 2.44. The van der Waals surface area contributed by atoms with Crippen LogP contribution in [0.25, 0.3) is 0 Å². The van der Waals surface area contributed by atoms with E-state index in [0.29, 0.717) is 23.1 Å². The van der Waals surface area contributed by atoms with E-state index in [1.165, 1.54) is 4.90 Å². The molecule has 0 radical (unpaired) electrons. The van der Waals surface area contributed by atoms with Crippen molar-refractivity contribution in [3.05, 3.63) is 106 Å². The van der Waals surface area contributed by atoms with Crippen LogP contribution in [0.4, 0.5) is 5.69 Å². The van der Waals surface area contributed by atoms with Crippen molar-refractivity contribution in [1.29, 1.82) is 0 Å². The van der Waals surface area contributed by atoms with Crippen molar-refractivity contribution in [3.63, 3.8) is 0 Å². The number of pyridine rings is 1. The Balaban J connectivity index is 1.82. The zero-order valence-corrected chi connectivity index (χ0v) is 20.2. The highest BCUT2D eigenvalue weighted by Crippen LogP contribution is 2.42. The lowest BCUT2D eigenvalue weighted by molar-refractivity contribution is -0.117. The molecule has 0 fully saturated rings. The van der Waals surface area contributed by atoms with Gasteiger partial charge in [-0.3, -0.25) is 19.5 Å². The van der Waals surface area contributed by atoms with Gasteiger partial charge in [-0.1, -0.05) is 76.2 Å². The standard InChI is InChI=1S/C29H30N2O3/c1-17(2)20-7-11-22(12-8-20)26-25(27(32)23-13-9-21(10-14-23)18(3)4)28(33)29(34)31(26)24-15-6-19(5)30-16-24/h6-18,26,33H,1-5H3. The molecule has 1 aliphatic heterocycles. The summed E-state index contributed by atoms with van der Waals surface area (Å²) in [4.78, 5) is 32.7. The van der Waals surface area contributed by atoms with Crippen molar-refractivity contribution in [2.45, 2.75) is 52.5 Å². The Labute approximate surface area is 200 Å². The first kappa shape index (κ1) is 23.4. The second-order valence-corrected chi connectivity index (χ2v) is 9.42. The number of anilines is 1. The van der Waals surface area contributed by atoms with E-state index in [1.807, 2.05) is 49.4 Å². The lowest BCUT2D eigenvalue weighted by Gasteiger charge is -2.27. The lowest BCUT2D eigenvalue weighted by atomic mass is 9.90. The van der Waals surface area contributed by atoms with E-state index in [1.54, 1.807) is 24.4 Å². The molecule has 174 valence electrons. The van der Waals surface area contributed by atoms with Crippen LogP contribution >= 0.6 is 0 Å². The second-order valence-electron chi connectivity index (χ2n) is 9.42. The van der Waals surface area contributed by atoms with Gasteiger partial charge in [0.15, 0.2) is 11.5 Å². The molecule has 3 aromatic rings. The molecule has 1 amide bonds. The molecule has 0 aliphatic carbocycles. The average Bonchev–Trinajstić information content (AvgIpc) is 3.09. The summed E-state index contributed by atoms with van der Waals surface area (Å²) in [6, 6.07) is 18.1. The fourth-order valence-electron chi connectivity index (χ4n) is 4.26. The Morgan fingerprint density at radius 1 is 0.882 bits per heavy atom. The van der Waals surface area contributed by atoms with E-state index in [0.717, 1.165) is 22.4 Å². The van der Waals surface area contributed by atoms with Crippen molar-refractivity contribution in [3.8, 4) is 0 Å². The molecule has 34 heavy (non-hydrogen) atoms. The SMILES string of the molecule is Cc1ccc(N2C(=O)C(O)=C(C(=O)c3ccc(C(C)C)cc3)C2c2ccc(C(C)C)cc2)cn1. The van der Waals surface area contributed by atoms with Gasteiger partial charge in [0.05, 0.1) is 23.5 Å². The molecule has 4 rings (SSSR count). The summed E-state index contributed by atoms with van der Waals surface area (Å²) in [5.74, 6) is -0.799. The number of hydrogen-bond acceptors (Lipinski definition) is 4. The smallest absolute Gasteiger partial charge is 0.294 e. The maximum Gasteiger partial charge on any atom is 0.294 e. The van der Waals surface area contributed by atoms with E-state index in [-0.39, 0.29) is 11.4 Å². The van der Waals surface area contributed by atoms with Gasteiger partial charge in [-0.25, -0.2) is 0 Å². The predicted octanol–water partition coefficient (Wildman–Crippen LogP) is 6.42. The van der Waals surface area contributed by atoms with Crippen molar-refractivity contribution in [2.24, 2.45) is 0 Å². The predicted molar refractivity (Wildman–Crippen MR) is 134 cm³/mol. The molecule has 2 aromatic carbocycles. The van der Waals surface area contributed by atoms with Gasteiger partial charge >= 0.3 is 0 Å². The number of hydrogen-bond donors (Lipinski definition) is 1. The number of aliphatic hydroxyl groups is 1. The van der Waals surface area contributed by atoms with Gasteiger partial charge in [0.2, 0.25) is 0 Å². The van der Waals surface area contributed by atoms with Crippen LogP contribution < -0.4 is 4.90 Å². The largest absolute Gasteiger partial charge is 0.503 e. The number of Topliss-reactive ketones (excluding diaryl/α,β-unsaturated/α-hetero) is 1. The molecule has 0 saturated heterocycles. The molecule has 0 saturated carbocycles. The number of carbonyl (C=O) groups excluding carboxylic acids is 2. The number of benzene rings is 2. The number of ketones is 1. The maximum atomic E-state index is 13.7. The highest BCUT2D eigenvalue weighted by atomic mass is 16.3. The highest BCUT2D eigenvalue weighted by molar-refractivity contribution is 6.20. The van der Waals surface area contributed by atoms with Crippen LogP contribution in [0.1, 0.15) is 78.3 Å². The van der Waals surface area contributed by atoms with Crippen LogP contribution in [-0.2, 0) is 4.79 Å². The second kappa shape index (κ2) is 9.26. The Hall–Kier alpha value is -3.73. The van der Waals surface area contributed by atoms with Crippen LogP contribution in [0.15, 0.2) is 78.2 Å². The van der Waals surface area contributed by atoms with Gasteiger partial charge in [-0.15, -0.1) is 0 Å². The van der Waals surface area contributed by atoms with Crippen LogP contribution in [0.2, 0.25) is 0 Å². The van der Waals surface area contributed by atoms with Crippen LogP contribution in [0, 0.1) is 6.92 Å². The van der Waals surface area contributed by atoms with E-state index in [9.17, 15) is 14.7 Å². The molecule has 1 aliphatic rings. The summed E-state index contributed by atoms with van der Waals surface area (Å²) < 4.78 is 0. The third kappa shape index (κ3) is 4.26. The number of amides is 1. The summed E-state index contributed by atoms with van der Waals surface area (Å²) in [6.07, 6.45) is 1.60. The Morgan fingerprint density at radius 3 is 1.94 bits per heavy atom. The van der Waals surface area contributed by atoms with Gasteiger partial charge in [-0.2, -0.15) is 0 Å². The van der Waals surface area contributed by atoms with Gasteiger partial charge in [0.1, 0.15) is 0 Å². The molecule has 1 aromatic heterocycles. The lowest BCUT2D eigenvalue weighted by Crippen LogP contribution is -2.31. The Kier molecular flexibility index (Phi) is 6.38. The van der Waals surface area contributed by atoms with Crippen molar-refractivity contribution in [1.82, 2.24) is 4.98 Å². The molecule has 1 unspecified atom stereocenters. The normalized spacial score (nSPS) is 16.1. The summed E-state index contributed by atoms with van der Waals surface area (Å²) in [7, 11) is 0. The van der Waals surface area contributed by atoms with Crippen molar-refractivity contribution in [2.75, 3.05) is 4.90 Å². The molecule has 1 atom stereocenters.